The van der Waals surface area contributed by atoms with Crippen molar-refractivity contribution < 1.29 is 9.47 Å². The third-order valence-electron chi connectivity index (χ3n) is 3.81. The van der Waals surface area contributed by atoms with Crippen molar-refractivity contribution in [1.29, 1.82) is 0 Å². The van der Waals surface area contributed by atoms with Crippen LogP contribution in [0.2, 0.25) is 5.02 Å². The molecule has 0 spiro atoms. The fourth-order valence-electron chi connectivity index (χ4n) is 2.26. The highest BCUT2D eigenvalue weighted by molar-refractivity contribution is 6.31. The number of nitrogens with zero attached hydrogens (tertiary/aromatic N) is 2. The minimum Gasteiger partial charge on any atom is -0.439 e. The topological polar surface area (TPSA) is 70.3 Å². The normalized spacial score (nSPS) is 10.6. The van der Waals surface area contributed by atoms with Crippen molar-refractivity contribution in [3.8, 4) is 23.4 Å². The molecule has 3 aromatic rings. The van der Waals surface area contributed by atoms with Crippen LogP contribution in [0.4, 0.5) is 5.69 Å². The minimum atomic E-state index is 0.188. The van der Waals surface area contributed by atoms with E-state index in [-0.39, 0.29) is 6.01 Å². The number of rotatable bonds is 4. The van der Waals surface area contributed by atoms with Crippen molar-refractivity contribution in [2.24, 2.45) is 0 Å². The van der Waals surface area contributed by atoms with Crippen LogP contribution in [-0.4, -0.2) is 9.97 Å². The fraction of sp³-hybridized carbons (Fsp3) is 0.158. The molecular weight excluding hydrogens is 338 g/mol. The van der Waals surface area contributed by atoms with Gasteiger partial charge in [-0.1, -0.05) is 17.7 Å². The van der Waals surface area contributed by atoms with Crippen LogP contribution < -0.4 is 15.2 Å². The first-order valence-corrected chi connectivity index (χ1v) is 8.12. The zero-order valence-corrected chi connectivity index (χ0v) is 15.0. The fourth-order valence-corrected chi connectivity index (χ4v) is 2.43. The van der Waals surface area contributed by atoms with Crippen LogP contribution in [-0.2, 0) is 0 Å². The highest BCUT2D eigenvalue weighted by Gasteiger charge is 2.10. The van der Waals surface area contributed by atoms with E-state index in [9.17, 15) is 0 Å². The molecule has 5 nitrogen and oxygen atoms in total. The van der Waals surface area contributed by atoms with Gasteiger partial charge >= 0.3 is 6.01 Å². The number of ether oxygens (including phenoxy) is 2. The van der Waals surface area contributed by atoms with Gasteiger partial charge in [-0.2, -0.15) is 4.98 Å². The van der Waals surface area contributed by atoms with Gasteiger partial charge in [-0.3, -0.25) is 0 Å². The maximum atomic E-state index is 6.11. The summed E-state index contributed by atoms with van der Waals surface area (Å²) in [5.41, 5.74) is 9.33. The van der Waals surface area contributed by atoms with Crippen molar-refractivity contribution in [2.75, 3.05) is 5.73 Å². The third-order valence-corrected chi connectivity index (χ3v) is 4.21. The van der Waals surface area contributed by atoms with Gasteiger partial charge in [-0.15, -0.1) is 0 Å². The van der Waals surface area contributed by atoms with E-state index < -0.39 is 0 Å². The number of anilines is 1. The molecule has 0 radical (unpaired) electrons. The van der Waals surface area contributed by atoms with Crippen LogP contribution in [0.1, 0.15) is 16.7 Å². The van der Waals surface area contributed by atoms with Crippen LogP contribution in [0.3, 0.4) is 0 Å². The summed E-state index contributed by atoms with van der Waals surface area (Å²) in [6, 6.07) is 11.0. The lowest BCUT2D eigenvalue weighted by molar-refractivity contribution is 0.408. The lowest BCUT2D eigenvalue weighted by Gasteiger charge is -2.12. The Balaban J connectivity index is 1.85. The number of nitrogen functional groups attached to an aromatic ring is 1. The lowest BCUT2D eigenvalue weighted by Crippen LogP contribution is -1.98. The number of hydrogen-bond acceptors (Lipinski definition) is 5. The first-order chi connectivity index (χ1) is 11.9. The van der Waals surface area contributed by atoms with Crippen molar-refractivity contribution >= 4 is 17.3 Å². The van der Waals surface area contributed by atoms with Gasteiger partial charge in [-0.25, -0.2) is 4.98 Å². The molecule has 0 saturated carbocycles. The molecule has 0 aliphatic rings. The molecule has 0 bridgehead atoms. The molecule has 0 saturated heterocycles. The van der Waals surface area contributed by atoms with E-state index in [4.69, 9.17) is 26.8 Å². The molecule has 25 heavy (non-hydrogen) atoms. The Labute approximate surface area is 151 Å². The van der Waals surface area contributed by atoms with Crippen LogP contribution in [0.5, 0.6) is 23.4 Å². The first-order valence-electron chi connectivity index (χ1n) is 7.74. The standard InChI is InChI=1S/C19H18ClN3O2/c1-11-10-17(12(2)9-15(11)21)24-18-7-8-22-19(23-18)25-16-6-4-5-14(20)13(16)3/h4-10H,21H2,1-3H3. The largest absolute Gasteiger partial charge is 0.439 e. The highest BCUT2D eigenvalue weighted by Crippen LogP contribution is 2.31. The van der Waals surface area contributed by atoms with Crippen molar-refractivity contribution in [3.05, 3.63) is 64.3 Å². The molecule has 0 unspecified atom stereocenters. The van der Waals surface area contributed by atoms with Crippen LogP contribution in [0.15, 0.2) is 42.6 Å². The van der Waals surface area contributed by atoms with E-state index in [0.717, 1.165) is 22.4 Å². The Bertz CT molecular complexity index is 929. The van der Waals surface area contributed by atoms with Gasteiger partial charge in [0.2, 0.25) is 5.88 Å². The second-order valence-electron chi connectivity index (χ2n) is 5.72. The predicted molar refractivity (Wildman–Crippen MR) is 98.7 cm³/mol. The molecule has 0 atom stereocenters. The first kappa shape index (κ1) is 17.0. The molecule has 0 fully saturated rings. The highest BCUT2D eigenvalue weighted by atomic mass is 35.5. The zero-order chi connectivity index (χ0) is 18.0. The number of nitrogens with two attached hydrogens (primary N) is 1. The number of benzene rings is 2. The summed E-state index contributed by atoms with van der Waals surface area (Å²) in [5.74, 6) is 1.68. The van der Waals surface area contributed by atoms with E-state index in [1.807, 2.05) is 45.0 Å². The van der Waals surface area contributed by atoms with Gasteiger partial charge in [0.05, 0.1) is 0 Å². The Kier molecular flexibility index (Phi) is 4.76. The van der Waals surface area contributed by atoms with Crippen LogP contribution in [0.25, 0.3) is 0 Å². The molecule has 0 aliphatic carbocycles. The maximum absolute atomic E-state index is 6.11. The van der Waals surface area contributed by atoms with Crippen LogP contribution >= 0.6 is 11.6 Å². The summed E-state index contributed by atoms with van der Waals surface area (Å²) in [4.78, 5) is 8.42. The van der Waals surface area contributed by atoms with Gasteiger partial charge in [0.15, 0.2) is 0 Å². The average Bonchev–Trinajstić information content (AvgIpc) is 2.57. The molecule has 1 aromatic heterocycles. The summed E-state index contributed by atoms with van der Waals surface area (Å²) >= 11 is 6.11. The van der Waals surface area contributed by atoms with E-state index in [1.54, 1.807) is 18.3 Å². The summed E-state index contributed by atoms with van der Waals surface area (Å²) in [5, 5.41) is 0.623. The third kappa shape index (κ3) is 3.83. The van der Waals surface area contributed by atoms with Crippen molar-refractivity contribution in [3.63, 3.8) is 0 Å². The average molecular weight is 356 g/mol. The molecular formula is C19H18ClN3O2. The Morgan fingerprint density at radius 2 is 1.76 bits per heavy atom. The summed E-state index contributed by atoms with van der Waals surface area (Å²) in [6.45, 7) is 5.73. The van der Waals surface area contributed by atoms with Gasteiger partial charge in [-0.05, 0) is 56.2 Å². The molecule has 0 aliphatic heterocycles. The molecule has 1 heterocycles. The van der Waals surface area contributed by atoms with Gasteiger partial charge in [0.1, 0.15) is 11.5 Å². The second kappa shape index (κ2) is 6.99. The van der Waals surface area contributed by atoms with E-state index >= 15 is 0 Å². The number of aryl methyl sites for hydroxylation is 2. The summed E-state index contributed by atoms with van der Waals surface area (Å²) in [7, 11) is 0. The SMILES string of the molecule is Cc1cc(Oc2ccnc(Oc3cccc(Cl)c3C)n2)c(C)cc1N. The summed E-state index contributed by atoms with van der Waals surface area (Å²) in [6.07, 6.45) is 1.58. The van der Waals surface area contributed by atoms with E-state index in [1.165, 1.54) is 0 Å². The molecule has 6 heteroatoms. The smallest absolute Gasteiger partial charge is 0.325 e. The molecule has 3 rings (SSSR count). The number of aromatic nitrogens is 2. The monoisotopic (exact) mass is 355 g/mol. The summed E-state index contributed by atoms with van der Waals surface area (Å²) < 4.78 is 11.6. The van der Waals surface area contributed by atoms with E-state index in [0.29, 0.717) is 22.4 Å². The van der Waals surface area contributed by atoms with Crippen LogP contribution in [0, 0.1) is 20.8 Å². The quantitative estimate of drug-likeness (QED) is 0.649. The molecule has 2 aromatic carbocycles. The number of hydrogen-bond donors (Lipinski definition) is 1. The Hall–Kier alpha value is -2.79. The molecule has 128 valence electrons. The predicted octanol–water partition coefficient (Wildman–Crippen LogP) is 5.22. The molecule has 0 amide bonds. The second-order valence-corrected chi connectivity index (χ2v) is 6.13. The van der Waals surface area contributed by atoms with Gasteiger partial charge in [0.25, 0.3) is 0 Å². The van der Waals surface area contributed by atoms with Gasteiger partial charge < -0.3 is 15.2 Å². The number of halogens is 1. The van der Waals surface area contributed by atoms with Gasteiger partial charge in [0, 0.05) is 28.5 Å². The maximum Gasteiger partial charge on any atom is 0.325 e. The minimum absolute atomic E-state index is 0.188. The Morgan fingerprint density at radius 1 is 0.960 bits per heavy atom. The molecule has 2 N–H and O–H groups in total. The lowest BCUT2D eigenvalue weighted by atomic mass is 10.1. The van der Waals surface area contributed by atoms with E-state index in [2.05, 4.69) is 9.97 Å². The van der Waals surface area contributed by atoms with Crippen molar-refractivity contribution in [2.45, 2.75) is 20.8 Å². The Morgan fingerprint density at radius 3 is 2.56 bits per heavy atom. The van der Waals surface area contributed by atoms with Crippen molar-refractivity contribution in [1.82, 2.24) is 9.97 Å². The zero-order valence-electron chi connectivity index (χ0n) is 14.2.